The lowest BCUT2D eigenvalue weighted by Gasteiger charge is -2.36. The van der Waals surface area contributed by atoms with Gasteiger partial charge in [0.05, 0.1) is 6.42 Å². The largest absolute Gasteiger partial charge is 0.390 e. The van der Waals surface area contributed by atoms with Crippen LogP contribution in [0, 0.1) is 5.82 Å². The highest BCUT2D eigenvalue weighted by atomic mass is 35.5. The fourth-order valence-electron chi connectivity index (χ4n) is 2.33. The number of hydrogen-bond acceptors (Lipinski definition) is 2. The van der Waals surface area contributed by atoms with E-state index in [1.165, 1.54) is 12.1 Å². The number of alkyl halides is 3. The first-order valence-electron chi connectivity index (χ1n) is 6.23. The van der Waals surface area contributed by atoms with Gasteiger partial charge in [-0.1, -0.05) is 12.1 Å². The maximum Gasteiger partial charge on any atom is 0.390 e. The van der Waals surface area contributed by atoms with Crippen molar-refractivity contribution in [2.75, 3.05) is 26.2 Å². The molecular weight excluding hydrogens is 296 g/mol. The number of benzene rings is 1. The molecule has 0 aromatic heterocycles. The number of hydrogen-bond donors (Lipinski definition) is 1. The molecule has 0 spiro atoms. The van der Waals surface area contributed by atoms with E-state index >= 15 is 0 Å². The summed E-state index contributed by atoms with van der Waals surface area (Å²) in [5.74, 6) is -0.362. The van der Waals surface area contributed by atoms with Crippen LogP contribution in [-0.4, -0.2) is 37.3 Å². The summed E-state index contributed by atoms with van der Waals surface area (Å²) in [5.41, 5.74) is 0.717. The number of halogens is 5. The van der Waals surface area contributed by atoms with Gasteiger partial charge in [0.25, 0.3) is 0 Å². The first-order chi connectivity index (χ1) is 8.96. The van der Waals surface area contributed by atoms with Crippen LogP contribution in [0.15, 0.2) is 24.3 Å². The molecule has 1 saturated heterocycles. The van der Waals surface area contributed by atoms with Gasteiger partial charge < -0.3 is 5.32 Å². The average Bonchev–Trinajstić information content (AvgIpc) is 2.36. The molecule has 1 fully saturated rings. The molecule has 20 heavy (non-hydrogen) atoms. The Kier molecular flexibility index (Phi) is 6.23. The minimum Gasteiger partial charge on any atom is -0.314 e. The predicted molar refractivity (Wildman–Crippen MR) is 71.5 cm³/mol. The smallest absolute Gasteiger partial charge is 0.314 e. The second-order valence-corrected chi connectivity index (χ2v) is 4.68. The van der Waals surface area contributed by atoms with Gasteiger partial charge in [0.2, 0.25) is 0 Å². The van der Waals surface area contributed by atoms with E-state index in [-0.39, 0.29) is 30.8 Å². The first-order valence-corrected chi connectivity index (χ1v) is 6.23. The van der Waals surface area contributed by atoms with Crippen LogP contribution < -0.4 is 5.32 Å². The molecule has 1 aromatic rings. The summed E-state index contributed by atoms with van der Waals surface area (Å²) in [4.78, 5) is 1.76. The summed E-state index contributed by atoms with van der Waals surface area (Å²) >= 11 is 0. The van der Waals surface area contributed by atoms with Crippen molar-refractivity contribution in [3.8, 4) is 0 Å². The van der Waals surface area contributed by atoms with Crippen LogP contribution in [0.1, 0.15) is 18.0 Å². The van der Waals surface area contributed by atoms with E-state index in [0.717, 1.165) is 5.56 Å². The van der Waals surface area contributed by atoms with E-state index in [2.05, 4.69) is 5.32 Å². The Morgan fingerprint density at radius 2 is 2.05 bits per heavy atom. The fourth-order valence-corrected chi connectivity index (χ4v) is 2.33. The topological polar surface area (TPSA) is 15.3 Å². The third-order valence-electron chi connectivity index (χ3n) is 3.27. The highest BCUT2D eigenvalue weighted by molar-refractivity contribution is 5.85. The van der Waals surface area contributed by atoms with Gasteiger partial charge in [-0.25, -0.2) is 4.39 Å². The number of nitrogens with zero attached hydrogens (tertiary/aromatic N) is 1. The molecule has 2 rings (SSSR count). The molecule has 0 bridgehead atoms. The zero-order valence-electron chi connectivity index (χ0n) is 10.8. The highest BCUT2D eigenvalue weighted by Gasteiger charge is 2.31. The molecule has 0 radical (unpaired) electrons. The van der Waals surface area contributed by atoms with E-state index < -0.39 is 12.6 Å². The predicted octanol–water partition coefficient (Wildman–Crippen LogP) is 3.15. The van der Waals surface area contributed by atoms with Crippen LogP contribution in [0.5, 0.6) is 0 Å². The maximum absolute atomic E-state index is 13.2. The Morgan fingerprint density at radius 3 is 2.70 bits per heavy atom. The third-order valence-corrected chi connectivity index (χ3v) is 3.27. The van der Waals surface area contributed by atoms with Crippen molar-refractivity contribution in [3.05, 3.63) is 35.6 Å². The van der Waals surface area contributed by atoms with Crippen LogP contribution in [0.4, 0.5) is 17.6 Å². The number of nitrogens with one attached hydrogen (secondary N) is 1. The molecular formula is C13H17ClF4N2. The van der Waals surface area contributed by atoms with Gasteiger partial charge in [0.15, 0.2) is 0 Å². The zero-order chi connectivity index (χ0) is 13.9. The van der Waals surface area contributed by atoms with E-state index in [4.69, 9.17) is 0 Å². The Hall–Kier alpha value is -0.850. The molecule has 1 aromatic carbocycles. The lowest BCUT2D eigenvalue weighted by atomic mass is 10.0. The van der Waals surface area contributed by atoms with Crippen LogP contribution in [0.2, 0.25) is 0 Å². The average molecular weight is 313 g/mol. The molecule has 1 heterocycles. The fraction of sp³-hybridized carbons (Fsp3) is 0.538. The minimum atomic E-state index is -4.16. The summed E-state index contributed by atoms with van der Waals surface area (Å²) in [6, 6.07) is 5.85. The number of rotatable bonds is 3. The molecule has 2 nitrogen and oxygen atoms in total. The van der Waals surface area contributed by atoms with E-state index in [1.54, 1.807) is 17.0 Å². The van der Waals surface area contributed by atoms with Crippen LogP contribution in [0.25, 0.3) is 0 Å². The Morgan fingerprint density at radius 1 is 1.30 bits per heavy atom. The van der Waals surface area contributed by atoms with E-state index in [0.29, 0.717) is 19.6 Å². The van der Waals surface area contributed by atoms with Crippen molar-refractivity contribution in [2.24, 2.45) is 0 Å². The molecule has 1 N–H and O–H groups in total. The van der Waals surface area contributed by atoms with Gasteiger partial charge in [-0.3, -0.25) is 4.90 Å². The highest BCUT2D eigenvalue weighted by Crippen LogP contribution is 2.26. The SMILES string of the molecule is Cl.Fc1cccc(C2CNCCN2CCC(F)(F)F)c1. The van der Waals surface area contributed by atoms with Gasteiger partial charge >= 0.3 is 6.18 Å². The second kappa shape index (κ2) is 7.24. The van der Waals surface area contributed by atoms with Crippen molar-refractivity contribution >= 4 is 12.4 Å². The lowest BCUT2D eigenvalue weighted by molar-refractivity contribution is -0.139. The number of piperazine rings is 1. The first kappa shape index (κ1) is 17.2. The normalized spacial score (nSPS) is 20.5. The zero-order valence-corrected chi connectivity index (χ0v) is 11.6. The van der Waals surface area contributed by atoms with Crippen LogP contribution >= 0.6 is 12.4 Å². The van der Waals surface area contributed by atoms with Crippen molar-refractivity contribution in [2.45, 2.75) is 18.6 Å². The molecule has 1 unspecified atom stereocenters. The van der Waals surface area contributed by atoms with Gasteiger partial charge in [-0.05, 0) is 17.7 Å². The van der Waals surface area contributed by atoms with Gasteiger partial charge in [-0.15, -0.1) is 12.4 Å². The summed E-state index contributed by atoms with van der Waals surface area (Å²) in [6.45, 7) is 1.69. The molecule has 0 amide bonds. The summed E-state index contributed by atoms with van der Waals surface area (Å²) < 4.78 is 50.1. The third kappa shape index (κ3) is 4.92. The van der Waals surface area contributed by atoms with Crippen molar-refractivity contribution in [1.82, 2.24) is 10.2 Å². The maximum atomic E-state index is 13.2. The Balaban J connectivity index is 0.00000200. The van der Waals surface area contributed by atoms with Crippen molar-refractivity contribution in [3.63, 3.8) is 0 Å². The second-order valence-electron chi connectivity index (χ2n) is 4.68. The summed E-state index contributed by atoms with van der Waals surface area (Å²) in [6.07, 6.45) is -4.99. The molecule has 1 aliphatic rings. The standard InChI is InChI=1S/C13H16F4N2.ClH/c14-11-3-1-2-10(8-11)12-9-18-5-7-19(12)6-4-13(15,16)17;/h1-3,8,12,18H,4-7,9H2;1H. The monoisotopic (exact) mass is 312 g/mol. The summed E-state index contributed by atoms with van der Waals surface area (Å²) in [5, 5.41) is 3.13. The molecule has 7 heteroatoms. The van der Waals surface area contributed by atoms with Crippen LogP contribution in [0.3, 0.4) is 0 Å². The lowest BCUT2D eigenvalue weighted by Crippen LogP contribution is -2.46. The molecule has 0 aliphatic carbocycles. The van der Waals surface area contributed by atoms with Gasteiger partial charge in [0.1, 0.15) is 5.82 Å². The van der Waals surface area contributed by atoms with Crippen LogP contribution in [-0.2, 0) is 0 Å². The molecule has 0 saturated carbocycles. The quantitative estimate of drug-likeness (QED) is 0.863. The molecule has 1 aliphatic heterocycles. The van der Waals surface area contributed by atoms with Gasteiger partial charge in [0, 0.05) is 32.2 Å². The molecule has 114 valence electrons. The Labute approximate surface area is 121 Å². The van der Waals surface area contributed by atoms with Gasteiger partial charge in [-0.2, -0.15) is 13.2 Å². The van der Waals surface area contributed by atoms with E-state index in [9.17, 15) is 17.6 Å². The van der Waals surface area contributed by atoms with Crippen molar-refractivity contribution < 1.29 is 17.6 Å². The molecule has 1 atom stereocenters. The minimum absolute atomic E-state index is 0. The van der Waals surface area contributed by atoms with Crippen molar-refractivity contribution in [1.29, 1.82) is 0 Å². The summed E-state index contributed by atoms with van der Waals surface area (Å²) in [7, 11) is 0. The Bertz CT molecular complexity index is 425. The van der Waals surface area contributed by atoms with E-state index in [1.807, 2.05) is 0 Å².